The van der Waals surface area contributed by atoms with Crippen molar-refractivity contribution < 1.29 is 0 Å². The van der Waals surface area contributed by atoms with Crippen LogP contribution in [0.25, 0.3) is 22.3 Å². The Morgan fingerprint density at radius 1 is 0.436 bits per heavy atom. The average Bonchev–Trinajstić information content (AvgIpc) is 2.86. The summed E-state index contributed by atoms with van der Waals surface area (Å²) in [5.74, 6) is 3.00. The van der Waals surface area contributed by atoms with Crippen LogP contribution in [-0.4, -0.2) is 19.8 Å². The van der Waals surface area contributed by atoms with Crippen LogP contribution in [0.3, 0.4) is 0 Å². The van der Waals surface area contributed by atoms with Gasteiger partial charge in [-0.15, -0.1) is 0 Å². The minimum atomic E-state index is -1.90. The first-order valence-electron chi connectivity index (χ1n) is 15.5. The summed E-state index contributed by atoms with van der Waals surface area (Å²) in [6.07, 6.45) is 0. The fourth-order valence-electron chi connectivity index (χ4n) is 6.04. The zero-order valence-corrected chi connectivity index (χ0v) is 30.4. The second kappa shape index (κ2) is 13.0. The van der Waals surface area contributed by atoms with Gasteiger partial charge in [-0.25, -0.2) is 0 Å². The molecule has 0 atom stereocenters. The van der Waals surface area contributed by atoms with Crippen molar-refractivity contribution in [2.24, 2.45) is 0 Å². The Balaban J connectivity index is 2.54. The van der Waals surface area contributed by atoms with Crippen molar-refractivity contribution in [2.45, 2.75) is 128 Å². The Labute approximate surface area is 248 Å². The summed E-state index contributed by atoms with van der Waals surface area (Å²) in [6, 6.07) is 17.4. The Morgan fingerprint density at radius 3 is 0.923 bits per heavy atom. The molecular weight excluding hydrogens is 575 g/mol. The first kappa shape index (κ1) is 32.0. The summed E-state index contributed by atoms with van der Waals surface area (Å²) in [4.78, 5) is 5.17. The number of hydrogen-bond acceptors (Lipinski definition) is 0. The van der Waals surface area contributed by atoms with Crippen molar-refractivity contribution in [3.8, 4) is 22.3 Å². The minimum absolute atomic E-state index is 0.483. The molecule has 0 spiro atoms. The van der Waals surface area contributed by atoms with Gasteiger partial charge in [0.05, 0.1) is 0 Å². The maximum atomic E-state index is 2.59. The third kappa shape index (κ3) is 6.69. The van der Waals surface area contributed by atoms with Crippen LogP contribution in [0.2, 0.25) is 9.88 Å². The van der Waals surface area contributed by atoms with Crippen molar-refractivity contribution in [3.05, 3.63) is 75.8 Å². The summed E-state index contributed by atoms with van der Waals surface area (Å²) < 4.78 is 1.70. The number of rotatable bonds is 9. The molecule has 0 aliphatic rings. The quantitative estimate of drug-likeness (QED) is 0.206. The Bertz CT molecular complexity index is 1130. The Hall–Kier alpha value is -1.54. The zero-order chi connectivity index (χ0) is 29.3. The third-order valence-corrected chi connectivity index (χ3v) is 12.8. The molecule has 0 bridgehead atoms. The van der Waals surface area contributed by atoms with E-state index in [1.54, 1.807) is 3.58 Å². The van der Waals surface area contributed by atoms with Gasteiger partial charge >= 0.3 is 250 Å². The predicted molar refractivity (Wildman–Crippen MR) is 179 cm³/mol. The van der Waals surface area contributed by atoms with Crippen LogP contribution in [0.1, 0.15) is 152 Å². The van der Waals surface area contributed by atoms with E-state index in [0.717, 1.165) is 0 Å². The Kier molecular flexibility index (Phi) is 10.6. The van der Waals surface area contributed by atoms with Gasteiger partial charge in [-0.05, 0) is 0 Å². The first-order valence-corrected chi connectivity index (χ1v) is 22.6. The van der Waals surface area contributed by atoms with Crippen LogP contribution < -0.4 is 3.58 Å². The average molecular weight is 631 g/mol. The Morgan fingerprint density at radius 2 is 0.718 bits per heavy atom. The molecule has 0 N–H and O–H groups in total. The molecular formula is C38H55Sn. The molecule has 0 fully saturated rings. The molecule has 3 aromatic rings. The number of hydrogen-bond donors (Lipinski definition) is 0. The summed E-state index contributed by atoms with van der Waals surface area (Å²) in [6.45, 7) is 28.4. The summed E-state index contributed by atoms with van der Waals surface area (Å²) >= 11 is -1.90. The van der Waals surface area contributed by atoms with Crippen LogP contribution in [0.4, 0.5) is 0 Å². The molecule has 0 amide bonds. The molecule has 0 aliphatic carbocycles. The second-order valence-electron chi connectivity index (χ2n) is 13.8. The van der Waals surface area contributed by atoms with Gasteiger partial charge in [0.2, 0.25) is 0 Å². The van der Waals surface area contributed by atoms with E-state index in [-0.39, 0.29) is 0 Å². The van der Waals surface area contributed by atoms with Crippen molar-refractivity contribution in [1.82, 2.24) is 0 Å². The molecule has 0 saturated carbocycles. The monoisotopic (exact) mass is 631 g/mol. The van der Waals surface area contributed by atoms with Crippen LogP contribution >= 0.6 is 0 Å². The molecule has 1 heteroatoms. The van der Waals surface area contributed by atoms with Crippen LogP contribution in [-0.2, 0) is 0 Å². The zero-order valence-electron chi connectivity index (χ0n) is 27.5. The summed E-state index contributed by atoms with van der Waals surface area (Å²) in [5, 5.41) is 0. The molecule has 3 aromatic carbocycles. The second-order valence-corrected chi connectivity index (χ2v) is 20.9. The summed E-state index contributed by atoms with van der Waals surface area (Å²) in [5.41, 5.74) is 15.1. The molecule has 0 unspecified atom stereocenters. The van der Waals surface area contributed by atoms with Crippen molar-refractivity contribution in [1.29, 1.82) is 0 Å². The van der Waals surface area contributed by atoms with Crippen LogP contribution in [0, 0.1) is 0 Å². The van der Waals surface area contributed by atoms with Gasteiger partial charge in [-0.3, -0.25) is 0 Å². The predicted octanol–water partition coefficient (Wildman–Crippen LogP) is 11.7. The van der Waals surface area contributed by atoms with Gasteiger partial charge in [0.15, 0.2) is 0 Å². The molecule has 0 aliphatic heterocycles. The van der Waals surface area contributed by atoms with Crippen LogP contribution in [0.5, 0.6) is 0 Å². The van der Waals surface area contributed by atoms with Gasteiger partial charge in [-0.2, -0.15) is 0 Å². The topological polar surface area (TPSA) is 0 Å². The van der Waals surface area contributed by atoms with E-state index in [4.69, 9.17) is 0 Å². The van der Waals surface area contributed by atoms with E-state index < -0.39 is 19.8 Å². The standard InChI is InChI=1S/C36H49.2CH3.Sn/c1-21(2)29-17-31(23(5)6)35(32(18-29)24(7)8)27-14-13-15-28(16-27)36-33(25(9)10)19-30(22(3)4)20-34(36)26(11)12;;;/h13-15,17-26H,1-12H3;2*1H3;. The van der Waals surface area contributed by atoms with Crippen molar-refractivity contribution in [3.63, 3.8) is 0 Å². The first-order chi connectivity index (χ1) is 18.2. The van der Waals surface area contributed by atoms with Crippen molar-refractivity contribution in [2.75, 3.05) is 0 Å². The third-order valence-electron chi connectivity index (χ3n) is 8.37. The van der Waals surface area contributed by atoms with Crippen LogP contribution in [0.15, 0.2) is 42.5 Å². The van der Waals surface area contributed by atoms with Gasteiger partial charge in [0.1, 0.15) is 0 Å². The van der Waals surface area contributed by atoms with Gasteiger partial charge in [0, 0.05) is 0 Å². The van der Waals surface area contributed by atoms with E-state index in [0.29, 0.717) is 35.5 Å². The molecule has 0 heterocycles. The fraction of sp³-hybridized carbons (Fsp3) is 0.526. The van der Waals surface area contributed by atoms with E-state index >= 15 is 0 Å². The van der Waals surface area contributed by atoms with Gasteiger partial charge in [0.25, 0.3) is 0 Å². The van der Waals surface area contributed by atoms with Gasteiger partial charge < -0.3 is 0 Å². The molecule has 39 heavy (non-hydrogen) atoms. The molecule has 211 valence electrons. The van der Waals surface area contributed by atoms with E-state index in [1.807, 2.05) is 0 Å². The molecule has 0 saturated heterocycles. The van der Waals surface area contributed by atoms with E-state index in [1.165, 1.54) is 55.6 Å². The summed E-state index contributed by atoms with van der Waals surface area (Å²) in [7, 11) is 0. The maximum absolute atomic E-state index is 2.59. The SMILES string of the molecule is CC(C)c1cc(C(C)C)c(-c2cccc(-c3c(C(C)C)cc(C(C)C)cc3C(C)C)[c]2[Sn]([CH3])[CH3])c(C(C)C)c1. The van der Waals surface area contributed by atoms with Gasteiger partial charge in [-0.1, -0.05) is 0 Å². The number of benzene rings is 3. The molecule has 3 rings (SSSR count). The molecule has 1 radical (unpaired) electrons. The van der Waals surface area contributed by atoms with E-state index in [9.17, 15) is 0 Å². The molecule has 0 aromatic heterocycles. The fourth-order valence-corrected chi connectivity index (χ4v) is 10.3. The molecule has 0 nitrogen and oxygen atoms in total. The normalized spacial score (nSPS) is 12.4. The van der Waals surface area contributed by atoms with Crippen molar-refractivity contribution >= 4 is 23.3 Å². The van der Waals surface area contributed by atoms with E-state index in [2.05, 4.69) is 135 Å².